The lowest BCUT2D eigenvalue weighted by atomic mass is 9.85. The van der Waals surface area contributed by atoms with E-state index in [1.807, 2.05) is 60.7 Å². The molecule has 3 fully saturated rings. The van der Waals surface area contributed by atoms with Crippen LogP contribution in [0.3, 0.4) is 0 Å². The van der Waals surface area contributed by atoms with Gasteiger partial charge in [-0.05, 0) is 6.42 Å². The predicted molar refractivity (Wildman–Crippen MR) is 141 cm³/mol. The van der Waals surface area contributed by atoms with Gasteiger partial charge in [0.25, 0.3) is 5.60 Å². The molecule has 198 valence electrons. The number of carbonyl (C=O) groups excluding carboxylic acids is 2. The molecule has 0 aromatic heterocycles. The van der Waals surface area contributed by atoms with Gasteiger partial charge in [0.1, 0.15) is 6.10 Å². The van der Waals surface area contributed by atoms with E-state index in [4.69, 9.17) is 14.2 Å². The van der Waals surface area contributed by atoms with Crippen molar-refractivity contribution in [3.8, 4) is 0 Å². The van der Waals surface area contributed by atoms with Gasteiger partial charge in [-0.1, -0.05) is 80.4 Å². The highest BCUT2D eigenvalue weighted by atomic mass is 16.7. The molecule has 0 N–H and O–H groups in total. The van der Waals surface area contributed by atoms with Crippen LogP contribution >= 0.6 is 0 Å². The molecular weight excluding hydrogens is 466 g/mol. The molecule has 2 aromatic rings. The van der Waals surface area contributed by atoms with Gasteiger partial charge in [0.2, 0.25) is 0 Å². The molecule has 3 aliphatic heterocycles. The quantitative estimate of drug-likeness (QED) is 0.233. The Morgan fingerprint density at radius 3 is 1.97 bits per heavy atom. The van der Waals surface area contributed by atoms with Crippen LogP contribution in [0.4, 0.5) is 4.79 Å². The fourth-order valence-electron chi connectivity index (χ4n) is 7.11. The third-order valence-corrected chi connectivity index (χ3v) is 8.88. The summed E-state index contributed by atoms with van der Waals surface area (Å²) in [5.41, 5.74) is -0.627. The van der Waals surface area contributed by atoms with Gasteiger partial charge in [-0.2, -0.15) is 0 Å². The van der Waals surface area contributed by atoms with E-state index < -0.39 is 17.7 Å². The zero-order valence-corrected chi connectivity index (χ0v) is 22.0. The van der Waals surface area contributed by atoms with Crippen LogP contribution < -0.4 is 0 Å². The van der Waals surface area contributed by atoms with Crippen molar-refractivity contribution < 1.29 is 28.3 Å². The first-order chi connectivity index (χ1) is 18.1. The largest absolute Gasteiger partial charge is 0.510 e. The fraction of sp³-hybridized carbons (Fsp3) is 0.548. The molecule has 6 nitrogen and oxygen atoms in total. The van der Waals surface area contributed by atoms with Gasteiger partial charge in [-0.3, -0.25) is 0 Å². The second-order valence-electron chi connectivity index (χ2n) is 11.0. The summed E-state index contributed by atoms with van der Waals surface area (Å²) in [5, 5.41) is 0. The number of ether oxygens (including phenoxy) is 3. The highest BCUT2D eigenvalue weighted by Crippen LogP contribution is 2.47. The number of nitrogens with zero attached hydrogens (tertiary/aromatic N) is 1. The van der Waals surface area contributed by atoms with Crippen molar-refractivity contribution >= 4 is 12.1 Å². The average molecular weight is 507 g/mol. The lowest BCUT2D eigenvalue weighted by Gasteiger charge is -2.47. The molecule has 2 atom stereocenters. The number of hydrogen-bond donors (Lipinski definition) is 0. The van der Waals surface area contributed by atoms with Crippen LogP contribution in [0.15, 0.2) is 60.7 Å². The van der Waals surface area contributed by atoms with Gasteiger partial charge in [0, 0.05) is 49.7 Å². The van der Waals surface area contributed by atoms with E-state index in [1.54, 1.807) is 0 Å². The summed E-state index contributed by atoms with van der Waals surface area (Å²) in [7, 11) is 0. The number of carbonyl (C=O) groups is 2. The van der Waals surface area contributed by atoms with Crippen molar-refractivity contribution in [2.24, 2.45) is 0 Å². The van der Waals surface area contributed by atoms with E-state index in [1.165, 1.54) is 43.3 Å². The predicted octanol–water partition coefficient (Wildman–Crippen LogP) is 6.12. The maximum Gasteiger partial charge on any atom is 0.510 e. The minimum Gasteiger partial charge on any atom is -0.458 e. The average Bonchev–Trinajstić information content (AvgIpc) is 3.47. The number of benzene rings is 2. The number of quaternary nitrogens is 1. The van der Waals surface area contributed by atoms with Crippen molar-refractivity contribution in [2.45, 2.75) is 88.5 Å². The first kappa shape index (κ1) is 25.8. The molecule has 2 bridgehead atoms. The van der Waals surface area contributed by atoms with Crippen molar-refractivity contribution in [3.05, 3.63) is 71.8 Å². The van der Waals surface area contributed by atoms with Gasteiger partial charge < -0.3 is 18.7 Å². The molecule has 3 heterocycles. The van der Waals surface area contributed by atoms with Crippen molar-refractivity contribution in [2.75, 3.05) is 19.7 Å². The van der Waals surface area contributed by atoms with E-state index >= 15 is 0 Å². The van der Waals surface area contributed by atoms with Gasteiger partial charge in [0.15, 0.2) is 0 Å². The van der Waals surface area contributed by atoms with Crippen LogP contribution in [0.2, 0.25) is 0 Å². The second-order valence-corrected chi connectivity index (χ2v) is 11.0. The Morgan fingerprint density at radius 2 is 1.43 bits per heavy atom. The summed E-state index contributed by atoms with van der Waals surface area (Å²) in [5.74, 6) is -0.547. The molecule has 37 heavy (non-hydrogen) atoms. The smallest absolute Gasteiger partial charge is 0.458 e. The third-order valence-electron chi connectivity index (χ3n) is 8.88. The molecule has 0 saturated carbocycles. The van der Waals surface area contributed by atoms with Gasteiger partial charge in [-0.25, -0.2) is 9.59 Å². The summed E-state index contributed by atoms with van der Waals surface area (Å²) in [6.07, 6.45) is 8.49. The molecular formula is C31H40NO5+. The number of piperidine rings is 1. The Hall–Kier alpha value is -2.86. The maximum atomic E-state index is 14.2. The lowest BCUT2D eigenvalue weighted by molar-refractivity contribution is -0.956. The SMILES string of the molecule is CCCCCOC(=O)OC(C(=O)OC1CC2CCC(C1)[N+]21CCCC1)(c1ccccc1)c1ccccc1. The Bertz CT molecular complexity index is 994. The number of esters is 1. The first-order valence-corrected chi connectivity index (χ1v) is 14.1. The number of rotatable bonds is 9. The Morgan fingerprint density at radius 1 is 0.865 bits per heavy atom. The van der Waals surface area contributed by atoms with Crippen LogP contribution in [0.5, 0.6) is 0 Å². The maximum absolute atomic E-state index is 14.2. The van der Waals surface area contributed by atoms with Crippen LogP contribution in [0, 0.1) is 0 Å². The van der Waals surface area contributed by atoms with E-state index in [0.29, 0.717) is 23.2 Å². The van der Waals surface area contributed by atoms with E-state index in [2.05, 4.69) is 6.92 Å². The zero-order chi connectivity index (χ0) is 25.7. The van der Waals surface area contributed by atoms with Gasteiger partial charge in [-0.15, -0.1) is 0 Å². The second kappa shape index (κ2) is 11.3. The van der Waals surface area contributed by atoms with Crippen molar-refractivity contribution in [1.29, 1.82) is 0 Å². The van der Waals surface area contributed by atoms with Crippen LogP contribution in [-0.4, -0.2) is 54.5 Å². The Balaban J connectivity index is 1.43. The summed E-state index contributed by atoms with van der Waals surface area (Å²) < 4.78 is 19.0. The molecule has 1 spiro atoms. The third kappa shape index (κ3) is 5.00. The normalized spacial score (nSPS) is 24.1. The van der Waals surface area contributed by atoms with E-state index in [-0.39, 0.29) is 12.7 Å². The monoisotopic (exact) mass is 506 g/mol. The molecule has 6 heteroatoms. The molecule has 0 radical (unpaired) electrons. The van der Waals surface area contributed by atoms with Crippen LogP contribution in [-0.2, 0) is 24.6 Å². The summed E-state index contributed by atoms with van der Waals surface area (Å²) in [4.78, 5) is 27.2. The molecule has 2 aromatic carbocycles. The Labute approximate surface area is 220 Å². The lowest BCUT2D eigenvalue weighted by Crippen LogP contribution is -2.60. The number of unbranched alkanes of at least 4 members (excludes halogenated alkanes) is 2. The van der Waals surface area contributed by atoms with E-state index in [9.17, 15) is 9.59 Å². The Kier molecular flexibility index (Phi) is 7.84. The summed E-state index contributed by atoms with van der Waals surface area (Å²) in [6, 6.07) is 19.5. The van der Waals surface area contributed by atoms with Gasteiger partial charge >= 0.3 is 12.1 Å². The molecule has 3 aliphatic rings. The minimum atomic E-state index is -1.74. The van der Waals surface area contributed by atoms with Gasteiger partial charge in [0.05, 0.1) is 31.8 Å². The molecule has 0 amide bonds. The molecule has 0 aliphatic carbocycles. The topological polar surface area (TPSA) is 61.8 Å². The minimum absolute atomic E-state index is 0.176. The number of hydrogen-bond acceptors (Lipinski definition) is 5. The summed E-state index contributed by atoms with van der Waals surface area (Å²) in [6.45, 7) is 4.88. The zero-order valence-electron chi connectivity index (χ0n) is 22.0. The first-order valence-electron chi connectivity index (χ1n) is 14.1. The summed E-state index contributed by atoms with van der Waals surface area (Å²) >= 11 is 0. The molecule has 3 saturated heterocycles. The highest BCUT2D eigenvalue weighted by Gasteiger charge is 2.57. The highest BCUT2D eigenvalue weighted by molar-refractivity contribution is 5.88. The standard InChI is InChI=1S/C31H40NO5/c1-2-3-12-21-35-30(34)37-31(24-13-6-4-7-14-24,25-15-8-5-9-16-25)29(33)36-28-22-26-17-18-27(23-28)32(26)19-10-11-20-32/h4-9,13-16,26-28H,2-3,10-12,17-23H2,1H3/q+1. The van der Waals surface area contributed by atoms with Crippen molar-refractivity contribution in [1.82, 2.24) is 0 Å². The molecule has 2 unspecified atom stereocenters. The van der Waals surface area contributed by atoms with E-state index in [0.717, 1.165) is 32.1 Å². The van der Waals surface area contributed by atoms with Crippen LogP contribution in [0.1, 0.15) is 75.8 Å². The molecule has 5 rings (SSSR count). The van der Waals surface area contributed by atoms with Crippen LogP contribution in [0.25, 0.3) is 0 Å². The van der Waals surface area contributed by atoms with Crippen molar-refractivity contribution in [3.63, 3.8) is 0 Å². The fourth-order valence-corrected chi connectivity index (χ4v) is 7.11.